The van der Waals surface area contributed by atoms with Crippen molar-refractivity contribution in [3.8, 4) is 5.75 Å². The lowest BCUT2D eigenvalue weighted by molar-refractivity contribution is 0.0956. The molecule has 8 heteroatoms. The van der Waals surface area contributed by atoms with Gasteiger partial charge in [0.2, 0.25) is 0 Å². The van der Waals surface area contributed by atoms with Crippen molar-refractivity contribution in [3.05, 3.63) is 65.5 Å². The average molecular weight is 514 g/mol. The first-order valence-corrected chi connectivity index (χ1v) is 9.25. The number of guanidine groups is 1. The minimum atomic E-state index is -0.290. The largest absolute Gasteiger partial charge is 0.489 e. The molecule has 3 N–H and O–H groups in total. The van der Waals surface area contributed by atoms with Crippen LogP contribution in [-0.2, 0) is 6.54 Å². The predicted octanol–water partition coefficient (Wildman–Crippen LogP) is 3.33. The normalized spacial score (nSPS) is 11.8. The van der Waals surface area contributed by atoms with Crippen LogP contribution in [0.15, 0.2) is 53.5 Å². The van der Waals surface area contributed by atoms with Gasteiger partial charge in [-0.15, -0.1) is 24.0 Å². The molecule has 6 nitrogen and oxygen atoms in total. The molecule has 0 radical (unpaired) electrons. The maximum atomic E-state index is 12.9. The van der Waals surface area contributed by atoms with E-state index in [1.807, 2.05) is 26.0 Å². The molecule has 0 aromatic heterocycles. The highest BCUT2D eigenvalue weighted by Gasteiger charge is 2.07. The first kappa shape index (κ1) is 24.7. The number of aliphatic imine (C=N–C) groups is 1. The van der Waals surface area contributed by atoms with Crippen LogP contribution in [0.25, 0.3) is 0 Å². The first-order chi connectivity index (χ1) is 13.5. The van der Waals surface area contributed by atoms with Gasteiger partial charge in [-0.2, -0.15) is 0 Å². The summed E-state index contributed by atoms with van der Waals surface area (Å²) in [6.45, 7) is 5.52. The van der Waals surface area contributed by atoms with E-state index < -0.39 is 0 Å². The summed E-state index contributed by atoms with van der Waals surface area (Å²) in [7, 11) is 1.69. The Labute approximate surface area is 188 Å². The molecule has 2 rings (SSSR count). The fraction of sp³-hybridized carbons (Fsp3) is 0.333. The SMILES string of the molecule is CCNC(=O)c1ccc(CNC(=NC)NCC(C)Oc2ccc(F)cc2)cc1.I. The second-order valence-electron chi connectivity index (χ2n) is 6.25. The van der Waals surface area contributed by atoms with Crippen LogP contribution in [0.1, 0.15) is 29.8 Å². The Balaban J connectivity index is 0.00000420. The van der Waals surface area contributed by atoms with E-state index in [9.17, 15) is 9.18 Å². The fourth-order valence-electron chi connectivity index (χ4n) is 2.47. The molecule has 29 heavy (non-hydrogen) atoms. The van der Waals surface area contributed by atoms with Crippen LogP contribution in [-0.4, -0.2) is 38.1 Å². The Morgan fingerprint density at radius 3 is 2.31 bits per heavy atom. The van der Waals surface area contributed by atoms with E-state index in [2.05, 4.69) is 20.9 Å². The molecule has 158 valence electrons. The Kier molecular flexibility index (Phi) is 11.0. The molecule has 0 fully saturated rings. The van der Waals surface area contributed by atoms with Gasteiger partial charge in [-0.1, -0.05) is 12.1 Å². The van der Waals surface area contributed by atoms with Crippen LogP contribution in [0.2, 0.25) is 0 Å². The molecule has 0 saturated heterocycles. The number of carbonyl (C=O) groups is 1. The predicted molar refractivity (Wildman–Crippen MR) is 125 cm³/mol. The van der Waals surface area contributed by atoms with Gasteiger partial charge in [0.1, 0.15) is 17.7 Å². The Morgan fingerprint density at radius 1 is 1.07 bits per heavy atom. The van der Waals surface area contributed by atoms with Crippen molar-refractivity contribution < 1.29 is 13.9 Å². The van der Waals surface area contributed by atoms with Crippen molar-refractivity contribution >= 4 is 35.8 Å². The van der Waals surface area contributed by atoms with E-state index in [0.717, 1.165) is 5.56 Å². The van der Waals surface area contributed by atoms with Gasteiger partial charge in [0.05, 0.1) is 6.54 Å². The number of nitrogens with one attached hydrogen (secondary N) is 3. The number of benzene rings is 2. The smallest absolute Gasteiger partial charge is 0.251 e. The van der Waals surface area contributed by atoms with E-state index in [0.29, 0.717) is 36.9 Å². The summed E-state index contributed by atoms with van der Waals surface area (Å²) in [5.41, 5.74) is 1.67. The van der Waals surface area contributed by atoms with E-state index in [1.165, 1.54) is 12.1 Å². The van der Waals surface area contributed by atoms with Gasteiger partial charge in [-0.05, 0) is 55.8 Å². The van der Waals surface area contributed by atoms with Crippen LogP contribution >= 0.6 is 24.0 Å². The second-order valence-corrected chi connectivity index (χ2v) is 6.25. The van der Waals surface area contributed by atoms with E-state index >= 15 is 0 Å². The Morgan fingerprint density at radius 2 is 1.72 bits per heavy atom. The van der Waals surface area contributed by atoms with Crippen LogP contribution < -0.4 is 20.7 Å². The topological polar surface area (TPSA) is 74.8 Å². The summed E-state index contributed by atoms with van der Waals surface area (Å²) in [6.07, 6.45) is -0.125. The number of amides is 1. The van der Waals surface area contributed by atoms with Crippen molar-refractivity contribution in [2.24, 2.45) is 4.99 Å². The van der Waals surface area contributed by atoms with Crippen molar-refractivity contribution in [1.82, 2.24) is 16.0 Å². The summed E-state index contributed by atoms with van der Waals surface area (Å²) >= 11 is 0. The summed E-state index contributed by atoms with van der Waals surface area (Å²) in [6, 6.07) is 13.4. The number of ether oxygens (including phenoxy) is 1. The number of nitrogens with zero attached hydrogens (tertiary/aromatic N) is 1. The molecule has 1 unspecified atom stereocenters. The van der Waals surface area contributed by atoms with Crippen LogP contribution in [0.3, 0.4) is 0 Å². The molecule has 0 heterocycles. The lowest BCUT2D eigenvalue weighted by atomic mass is 10.1. The highest BCUT2D eigenvalue weighted by atomic mass is 127. The van der Waals surface area contributed by atoms with Crippen molar-refractivity contribution in [3.63, 3.8) is 0 Å². The highest BCUT2D eigenvalue weighted by Crippen LogP contribution is 2.12. The zero-order valence-corrected chi connectivity index (χ0v) is 19.2. The highest BCUT2D eigenvalue weighted by molar-refractivity contribution is 14.0. The molecule has 0 bridgehead atoms. The van der Waals surface area contributed by atoms with Gasteiger partial charge in [0.25, 0.3) is 5.91 Å². The minimum absolute atomic E-state index is 0. The molecular formula is C21H28FIN4O2. The molecule has 0 aliphatic heterocycles. The van der Waals surface area contributed by atoms with Gasteiger partial charge < -0.3 is 20.7 Å². The summed E-state index contributed by atoms with van der Waals surface area (Å²) in [5, 5.41) is 9.19. The third-order valence-electron chi connectivity index (χ3n) is 3.94. The molecule has 0 aliphatic rings. The lowest BCUT2D eigenvalue weighted by Crippen LogP contribution is -2.41. The van der Waals surface area contributed by atoms with E-state index in [4.69, 9.17) is 4.74 Å². The zero-order chi connectivity index (χ0) is 20.4. The van der Waals surface area contributed by atoms with Crippen LogP contribution in [0, 0.1) is 5.82 Å². The number of hydrogen-bond acceptors (Lipinski definition) is 3. The van der Waals surface area contributed by atoms with E-state index in [1.54, 1.807) is 31.3 Å². The van der Waals surface area contributed by atoms with Crippen molar-refractivity contribution in [2.75, 3.05) is 20.1 Å². The first-order valence-electron chi connectivity index (χ1n) is 9.25. The number of halogens is 2. The molecule has 2 aromatic rings. The molecule has 0 aliphatic carbocycles. The number of rotatable bonds is 8. The van der Waals surface area contributed by atoms with Gasteiger partial charge in [-0.25, -0.2) is 4.39 Å². The van der Waals surface area contributed by atoms with E-state index in [-0.39, 0.29) is 41.8 Å². The second kappa shape index (κ2) is 13.0. The maximum absolute atomic E-state index is 12.9. The number of carbonyl (C=O) groups excluding carboxylic acids is 1. The summed E-state index contributed by atoms with van der Waals surface area (Å²) in [4.78, 5) is 16.0. The maximum Gasteiger partial charge on any atom is 0.251 e. The summed E-state index contributed by atoms with van der Waals surface area (Å²) < 4.78 is 18.7. The third-order valence-corrected chi connectivity index (χ3v) is 3.94. The van der Waals surface area contributed by atoms with Crippen LogP contribution in [0.4, 0.5) is 4.39 Å². The van der Waals surface area contributed by atoms with Gasteiger partial charge >= 0.3 is 0 Å². The average Bonchev–Trinajstić information content (AvgIpc) is 2.70. The molecule has 0 spiro atoms. The summed E-state index contributed by atoms with van der Waals surface area (Å²) in [5.74, 6) is 0.893. The van der Waals surface area contributed by atoms with Crippen molar-refractivity contribution in [2.45, 2.75) is 26.5 Å². The van der Waals surface area contributed by atoms with Crippen LogP contribution in [0.5, 0.6) is 5.75 Å². The monoisotopic (exact) mass is 514 g/mol. The molecule has 1 amide bonds. The number of hydrogen-bond donors (Lipinski definition) is 3. The fourth-order valence-corrected chi connectivity index (χ4v) is 2.47. The molecular weight excluding hydrogens is 486 g/mol. The quantitative estimate of drug-likeness (QED) is 0.287. The van der Waals surface area contributed by atoms with Gasteiger partial charge in [0, 0.05) is 25.7 Å². The van der Waals surface area contributed by atoms with Crippen molar-refractivity contribution in [1.29, 1.82) is 0 Å². The minimum Gasteiger partial charge on any atom is -0.489 e. The molecule has 0 saturated carbocycles. The zero-order valence-electron chi connectivity index (χ0n) is 16.9. The van der Waals surface area contributed by atoms with Gasteiger partial charge in [0.15, 0.2) is 5.96 Å². The Bertz CT molecular complexity index is 782. The standard InChI is InChI=1S/C21H27FN4O2.HI/c1-4-24-20(27)17-7-5-16(6-8-17)14-26-21(23-3)25-13-15(2)28-19-11-9-18(22)10-12-19;/h5-12,15H,4,13-14H2,1-3H3,(H,24,27)(H2,23,25,26);1H. The molecule has 2 aromatic carbocycles. The lowest BCUT2D eigenvalue weighted by Gasteiger charge is -2.18. The molecule has 1 atom stereocenters. The van der Waals surface area contributed by atoms with Gasteiger partial charge in [-0.3, -0.25) is 9.79 Å². The third kappa shape index (κ3) is 8.68. The Hall–Kier alpha value is -2.36.